The first kappa shape index (κ1) is 29.5. The van der Waals surface area contributed by atoms with Crippen molar-refractivity contribution in [2.45, 2.75) is 40.2 Å². The zero-order valence-corrected chi connectivity index (χ0v) is 25.3. The second kappa shape index (κ2) is 13.2. The quantitative estimate of drug-likeness (QED) is 0.178. The number of pyridine rings is 2. The van der Waals surface area contributed by atoms with Crippen molar-refractivity contribution in [3.63, 3.8) is 0 Å². The molecule has 0 atom stereocenters. The standard InChI is InChI=1S/C30H35IN6O3/c1-5-7-21-14-19(3)34-30(40)25(21)18-33-29(39)24-15-23(16-26(20(24)4)35-28(38)6-2)22-8-9-27(32-17-22)36-10-12-37(31)13-11-36/h6,8-9,14-17H,2,5,7,10-13,18H2,1,3-4H3,(H,33,39)(H,34,40)(H,35,38). The molecular weight excluding hydrogens is 619 g/mol. The number of amides is 2. The van der Waals surface area contributed by atoms with Crippen LogP contribution in [0, 0.1) is 13.8 Å². The summed E-state index contributed by atoms with van der Waals surface area (Å²) in [5.41, 5.74) is 5.17. The highest BCUT2D eigenvalue weighted by atomic mass is 127. The number of rotatable bonds is 9. The van der Waals surface area contributed by atoms with Crippen LogP contribution in [-0.4, -0.2) is 51.1 Å². The molecule has 0 spiro atoms. The van der Waals surface area contributed by atoms with Crippen LogP contribution in [0.1, 0.15) is 46.1 Å². The second-order valence-electron chi connectivity index (χ2n) is 9.91. The van der Waals surface area contributed by atoms with Crippen molar-refractivity contribution in [1.29, 1.82) is 0 Å². The molecule has 1 fully saturated rings. The average molecular weight is 655 g/mol. The number of nitrogens with one attached hydrogen (secondary N) is 3. The van der Waals surface area contributed by atoms with Crippen LogP contribution in [0.3, 0.4) is 0 Å². The molecule has 0 saturated carbocycles. The van der Waals surface area contributed by atoms with Gasteiger partial charge in [0.05, 0.1) is 0 Å². The minimum absolute atomic E-state index is 0.0997. The summed E-state index contributed by atoms with van der Waals surface area (Å²) in [5, 5.41) is 5.75. The monoisotopic (exact) mass is 654 g/mol. The third-order valence-corrected chi connectivity index (χ3v) is 8.00. The third-order valence-electron chi connectivity index (χ3n) is 7.03. The number of piperazine rings is 1. The van der Waals surface area contributed by atoms with Crippen molar-refractivity contribution in [3.8, 4) is 11.1 Å². The molecular formula is C30H35IN6O3. The van der Waals surface area contributed by atoms with Crippen LogP contribution in [-0.2, 0) is 17.8 Å². The summed E-state index contributed by atoms with van der Waals surface area (Å²) in [6, 6.07) is 9.56. The Hall–Kier alpha value is -3.51. The van der Waals surface area contributed by atoms with Gasteiger partial charge >= 0.3 is 0 Å². The lowest BCUT2D eigenvalue weighted by Gasteiger charge is -2.32. The van der Waals surface area contributed by atoms with Crippen LogP contribution in [0.2, 0.25) is 0 Å². The lowest BCUT2D eigenvalue weighted by molar-refractivity contribution is -0.111. The van der Waals surface area contributed by atoms with E-state index in [1.807, 2.05) is 31.2 Å². The van der Waals surface area contributed by atoms with Gasteiger partial charge in [0.15, 0.2) is 0 Å². The molecule has 210 valence electrons. The number of aromatic nitrogens is 2. The van der Waals surface area contributed by atoms with E-state index in [1.165, 1.54) is 6.08 Å². The molecule has 2 aromatic heterocycles. The summed E-state index contributed by atoms with van der Waals surface area (Å²) in [5.74, 6) is 0.201. The van der Waals surface area contributed by atoms with Crippen molar-refractivity contribution in [2.24, 2.45) is 0 Å². The molecule has 0 bridgehead atoms. The summed E-state index contributed by atoms with van der Waals surface area (Å²) in [4.78, 5) is 48.1. The lowest BCUT2D eigenvalue weighted by atomic mass is 9.97. The SMILES string of the molecule is C=CC(=O)Nc1cc(-c2ccc(N3CCN(I)CC3)nc2)cc(C(=O)NCc2c(CCC)cc(C)[nH]c2=O)c1C. The van der Waals surface area contributed by atoms with Gasteiger partial charge in [-0.2, -0.15) is 0 Å². The van der Waals surface area contributed by atoms with E-state index in [1.54, 1.807) is 19.2 Å². The fraction of sp³-hybridized carbons (Fsp3) is 0.333. The molecule has 0 aliphatic carbocycles. The average Bonchev–Trinajstić information content (AvgIpc) is 2.94. The number of carbonyl (C=O) groups excluding carboxylic acids is 2. The summed E-state index contributed by atoms with van der Waals surface area (Å²) in [7, 11) is 0. The van der Waals surface area contributed by atoms with Gasteiger partial charge in [-0.15, -0.1) is 0 Å². The number of aryl methyl sites for hydroxylation is 2. The van der Waals surface area contributed by atoms with Crippen molar-refractivity contribution in [1.82, 2.24) is 18.4 Å². The topological polar surface area (TPSA) is 110 Å². The maximum absolute atomic E-state index is 13.5. The molecule has 2 amide bonds. The first-order valence-corrected chi connectivity index (χ1v) is 14.4. The molecule has 0 radical (unpaired) electrons. The van der Waals surface area contributed by atoms with E-state index in [-0.39, 0.29) is 23.9 Å². The van der Waals surface area contributed by atoms with Crippen LogP contribution in [0.5, 0.6) is 0 Å². The molecule has 3 aromatic rings. The van der Waals surface area contributed by atoms with Gasteiger partial charge in [0.2, 0.25) is 5.91 Å². The fourth-order valence-electron chi connectivity index (χ4n) is 4.82. The molecule has 9 nitrogen and oxygen atoms in total. The van der Waals surface area contributed by atoms with Gasteiger partial charge in [-0.3, -0.25) is 14.4 Å². The van der Waals surface area contributed by atoms with Crippen LogP contribution in [0.4, 0.5) is 11.5 Å². The van der Waals surface area contributed by atoms with Crippen molar-refractivity contribution in [2.75, 3.05) is 36.4 Å². The van der Waals surface area contributed by atoms with Crippen LogP contribution in [0.15, 0.2) is 54.0 Å². The van der Waals surface area contributed by atoms with Crippen LogP contribution in [0.25, 0.3) is 11.1 Å². The zero-order valence-electron chi connectivity index (χ0n) is 23.1. The molecule has 1 aliphatic heterocycles. The van der Waals surface area contributed by atoms with Crippen molar-refractivity contribution >= 4 is 46.2 Å². The maximum Gasteiger partial charge on any atom is 0.253 e. The molecule has 1 aliphatic rings. The number of H-pyrrole nitrogens is 1. The Kier molecular flexibility index (Phi) is 9.75. The molecule has 3 heterocycles. The second-order valence-corrected chi connectivity index (χ2v) is 11.3. The number of anilines is 2. The molecule has 1 saturated heterocycles. The molecule has 40 heavy (non-hydrogen) atoms. The largest absolute Gasteiger partial charge is 0.354 e. The number of benzene rings is 1. The highest BCUT2D eigenvalue weighted by Gasteiger charge is 2.19. The smallest absolute Gasteiger partial charge is 0.253 e. The Morgan fingerprint density at radius 3 is 2.52 bits per heavy atom. The molecule has 4 rings (SSSR count). The Morgan fingerprint density at radius 1 is 1.12 bits per heavy atom. The third kappa shape index (κ3) is 6.97. The van der Waals surface area contributed by atoms with E-state index in [0.717, 1.165) is 67.2 Å². The fourth-order valence-corrected chi connectivity index (χ4v) is 5.25. The van der Waals surface area contributed by atoms with E-state index in [2.05, 4.69) is 60.0 Å². The number of aromatic amines is 1. The Morgan fingerprint density at radius 2 is 1.88 bits per heavy atom. The van der Waals surface area contributed by atoms with Crippen LogP contribution >= 0.6 is 22.9 Å². The lowest BCUT2D eigenvalue weighted by Crippen LogP contribution is -2.42. The molecule has 1 aromatic carbocycles. The van der Waals surface area contributed by atoms with Gasteiger partial charge in [-0.25, -0.2) is 8.10 Å². The van der Waals surface area contributed by atoms with E-state index in [4.69, 9.17) is 4.98 Å². The first-order valence-electron chi connectivity index (χ1n) is 13.4. The number of halogens is 1. The van der Waals surface area contributed by atoms with E-state index >= 15 is 0 Å². The summed E-state index contributed by atoms with van der Waals surface area (Å²) in [6.45, 7) is 13.1. The van der Waals surface area contributed by atoms with Gasteiger partial charge in [0, 0.05) is 89.9 Å². The van der Waals surface area contributed by atoms with Crippen LogP contribution < -0.4 is 21.1 Å². The molecule has 10 heteroatoms. The Labute approximate surface area is 248 Å². The predicted octanol–water partition coefficient (Wildman–Crippen LogP) is 4.53. The minimum Gasteiger partial charge on any atom is -0.354 e. The van der Waals surface area contributed by atoms with Gasteiger partial charge in [-0.05, 0) is 73.4 Å². The number of nitrogens with zero attached hydrogens (tertiary/aromatic N) is 3. The van der Waals surface area contributed by atoms with E-state index in [0.29, 0.717) is 22.4 Å². The first-order chi connectivity index (χ1) is 19.2. The number of carbonyl (C=O) groups is 2. The predicted molar refractivity (Wildman–Crippen MR) is 168 cm³/mol. The highest BCUT2D eigenvalue weighted by Crippen LogP contribution is 2.30. The highest BCUT2D eigenvalue weighted by molar-refractivity contribution is 14.1. The van der Waals surface area contributed by atoms with Gasteiger partial charge in [0.1, 0.15) is 5.82 Å². The number of hydrogen-bond acceptors (Lipinski definition) is 6. The zero-order chi connectivity index (χ0) is 28.8. The molecule has 3 N–H and O–H groups in total. The normalized spacial score (nSPS) is 13.7. The summed E-state index contributed by atoms with van der Waals surface area (Å²) >= 11 is 2.34. The van der Waals surface area contributed by atoms with Crippen molar-refractivity contribution < 1.29 is 9.59 Å². The van der Waals surface area contributed by atoms with E-state index < -0.39 is 0 Å². The van der Waals surface area contributed by atoms with Gasteiger partial charge in [0.25, 0.3) is 11.5 Å². The van der Waals surface area contributed by atoms with Crippen molar-refractivity contribution in [3.05, 3.63) is 87.5 Å². The Bertz CT molecular complexity index is 1460. The van der Waals surface area contributed by atoms with E-state index in [9.17, 15) is 14.4 Å². The minimum atomic E-state index is -0.370. The summed E-state index contributed by atoms with van der Waals surface area (Å²) < 4.78 is 2.26. The van der Waals surface area contributed by atoms with Gasteiger partial charge < -0.3 is 20.5 Å². The number of hydrogen-bond donors (Lipinski definition) is 3. The maximum atomic E-state index is 13.5. The van der Waals surface area contributed by atoms with Gasteiger partial charge in [-0.1, -0.05) is 19.9 Å². The Balaban J connectivity index is 1.64. The summed E-state index contributed by atoms with van der Waals surface area (Å²) in [6.07, 6.45) is 4.62. The molecule has 0 unspecified atom stereocenters.